The number of hydrogen-bond donors (Lipinski definition) is 1. The Labute approximate surface area is 207 Å². The third kappa shape index (κ3) is 4.97. The van der Waals surface area contributed by atoms with E-state index in [2.05, 4.69) is 51.3 Å². The van der Waals surface area contributed by atoms with Gasteiger partial charge in [-0.1, -0.05) is 31.5 Å². The molecule has 0 spiro atoms. The van der Waals surface area contributed by atoms with Gasteiger partial charge < -0.3 is 14.6 Å². The Bertz CT molecular complexity index is 1190. The number of unbranched alkanes of at least 4 members (excludes halogenated alkanes) is 1. The molecule has 2 fully saturated rings. The smallest absolute Gasteiger partial charge is 0.143 e. The Morgan fingerprint density at radius 2 is 2.03 bits per heavy atom. The molecule has 0 saturated carbocycles. The van der Waals surface area contributed by atoms with E-state index in [-0.39, 0.29) is 18.1 Å². The van der Waals surface area contributed by atoms with E-state index < -0.39 is 0 Å². The molecule has 184 valence electrons. The van der Waals surface area contributed by atoms with Crippen LogP contribution in [0.15, 0.2) is 60.7 Å². The number of ether oxygens (including phenoxy) is 1. The van der Waals surface area contributed by atoms with Gasteiger partial charge in [-0.05, 0) is 61.2 Å². The fourth-order valence-electron chi connectivity index (χ4n) is 5.21. The molecular weight excluding hydrogens is 441 g/mol. The van der Waals surface area contributed by atoms with E-state index in [4.69, 9.17) is 4.74 Å². The summed E-state index contributed by atoms with van der Waals surface area (Å²) in [4.78, 5) is 9.38. The van der Waals surface area contributed by atoms with Crippen LogP contribution in [0.5, 0.6) is 5.75 Å². The van der Waals surface area contributed by atoms with Crippen molar-refractivity contribution in [3.05, 3.63) is 83.3 Å². The highest BCUT2D eigenvalue weighted by Gasteiger charge is 2.40. The quantitative estimate of drug-likeness (QED) is 0.515. The highest BCUT2D eigenvalue weighted by Crippen LogP contribution is 2.36. The maximum absolute atomic E-state index is 13.6. The van der Waals surface area contributed by atoms with E-state index >= 15 is 0 Å². The molecule has 0 radical (unpaired) electrons. The number of aryl methyl sites for hydroxylation is 1. The number of fused-ring (bicyclic) bond motifs is 1. The number of imidazole rings is 1. The zero-order valence-corrected chi connectivity index (χ0v) is 20.7. The van der Waals surface area contributed by atoms with Crippen molar-refractivity contribution < 1.29 is 9.13 Å². The van der Waals surface area contributed by atoms with Gasteiger partial charge in [0.1, 0.15) is 17.9 Å². The lowest BCUT2D eigenvalue weighted by Gasteiger charge is -2.44. The minimum atomic E-state index is -0.186. The molecule has 0 bridgehead atoms. The topological polar surface area (TPSA) is 45.6 Å². The van der Waals surface area contributed by atoms with Crippen LogP contribution in [-0.2, 0) is 0 Å². The summed E-state index contributed by atoms with van der Waals surface area (Å²) >= 11 is 0. The van der Waals surface area contributed by atoms with Gasteiger partial charge >= 0.3 is 0 Å². The van der Waals surface area contributed by atoms with Gasteiger partial charge in [0.05, 0.1) is 24.8 Å². The minimum Gasteiger partial charge on any atom is -0.495 e. The van der Waals surface area contributed by atoms with Gasteiger partial charge in [0, 0.05) is 37.6 Å². The van der Waals surface area contributed by atoms with Crippen molar-refractivity contribution in [3.63, 3.8) is 0 Å². The monoisotopic (exact) mass is 475 g/mol. The van der Waals surface area contributed by atoms with Gasteiger partial charge in [0.2, 0.25) is 0 Å². The molecule has 5 rings (SSSR count). The van der Waals surface area contributed by atoms with Crippen molar-refractivity contribution in [2.24, 2.45) is 0 Å². The van der Waals surface area contributed by atoms with Crippen LogP contribution in [0.2, 0.25) is 0 Å². The summed E-state index contributed by atoms with van der Waals surface area (Å²) in [5.74, 6) is 0.621. The number of nitrogens with one attached hydrogen (secondary N) is 1. The number of hydrogen-bond acceptors (Lipinski definition) is 5. The van der Waals surface area contributed by atoms with Crippen molar-refractivity contribution in [2.45, 2.75) is 45.4 Å². The molecule has 3 heterocycles. The molecule has 1 N–H and O–H groups in total. The van der Waals surface area contributed by atoms with E-state index in [1.807, 2.05) is 36.1 Å². The average Bonchev–Trinajstić information content (AvgIpc) is 3.49. The molecule has 2 aliphatic rings. The molecule has 2 aromatic carbocycles. The standard InChI is InChI=1S/C28H34FN5O/c1-4-5-13-32-14-12-25(22-7-9-23(29)10-8-22)34-18-24(31-28(32)34)15-21-6-11-26(27(16-21)35-3)33-17-20(2)30-19-33/h6-11,15-17,19,25,28,31H,4-5,12-14,18H2,1-3H3/b24-15-/t25-,28?/m0/s1. The third-order valence-corrected chi connectivity index (χ3v) is 7.01. The normalized spacial score (nSPS) is 21.8. The molecule has 3 aromatic rings. The molecule has 0 amide bonds. The summed E-state index contributed by atoms with van der Waals surface area (Å²) in [5, 5.41) is 3.78. The van der Waals surface area contributed by atoms with E-state index in [1.165, 1.54) is 24.1 Å². The van der Waals surface area contributed by atoms with Crippen LogP contribution >= 0.6 is 0 Å². The Morgan fingerprint density at radius 3 is 2.74 bits per heavy atom. The van der Waals surface area contributed by atoms with Gasteiger partial charge in [-0.25, -0.2) is 9.37 Å². The lowest BCUT2D eigenvalue weighted by atomic mass is 9.99. The maximum Gasteiger partial charge on any atom is 0.143 e. The summed E-state index contributed by atoms with van der Waals surface area (Å²) in [7, 11) is 1.70. The molecule has 1 aromatic heterocycles. The van der Waals surface area contributed by atoms with Crippen molar-refractivity contribution in [1.29, 1.82) is 0 Å². The van der Waals surface area contributed by atoms with Crippen LogP contribution in [0.1, 0.15) is 49.0 Å². The van der Waals surface area contributed by atoms with Gasteiger partial charge in [-0.15, -0.1) is 0 Å². The molecule has 2 saturated heterocycles. The molecule has 7 heteroatoms. The van der Waals surface area contributed by atoms with Gasteiger partial charge in [-0.3, -0.25) is 9.80 Å². The number of methoxy groups -OCH3 is 1. The fourth-order valence-corrected chi connectivity index (χ4v) is 5.21. The first-order valence-electron chi connectivity index (χ1n) is 12.5. The molecule has 1 unspecified atom stereocenters. The van der Waals surface area contributed by atoms with Crippen LogP contribution in [0.3, 0.4) is 0 Å². The molecule has 6 nitrogen and oxygen atoms in total. The Balaban J connectivity index is 1.41. The van der Waals surface area contributed by atoms with E-state index in [1.54, 1.807) is 19.2 Å². The van der Waals surface area contributed by atoms with Crippen LogP contribution in [-0.4, -0.2) is 52.4 Å². The molecular formula is C28H34FN5O. The Morgan fingerprint density at radius 1 is 1.20 bits per heavy atom. The number of aromatic nitrogens is 2. The van der Waals surface area contributed by atoms with Crippen molar-refractivity contribution in [1.82, 2.24) is 24.7 Å². The first kappa shape index (κ1) is 23.6. The minimum absolute atomic E-state index is 0.145. The van der Waals surface area contributed by atoms with E-state index in [9.17, 15) is 4.39 Å². The summed E-state index contributed by atoms with van der Waals surface area (Å²) in [6.45, 7) is 7.13. The molecule has 0 aliphatic carbocycles. The van der Waals surface area contributed by atoms with Crippen molar-refractivity contribution in [3.8, 4) is 11.4 Å². The average molecular weight is 476 g/mol. The number of halogens is 1. The largest absolute Gasteiger partial charge is 0.495 e. The van der Waals surface area contributed by atoms with Crippen molar-refractivity contribution in [2.75, 3.05) is 26.7 Å². The second-order valence-electron chi connectivity index (χ2n) is 9.46. The van der Waals surface area contributed by atoms with Crippen LogP contribution in [0, 0.1) is 12.7 Å². The maximum atomic E-state index is 13.6. The predicted octanol–water partition coefficient (Wildman–Crippen LogP) is 5.11. The first-order chi connectivity index (χ1) is 17.1. The first-order valence-corrected chi connectivity index (χ1v) is 12.5. The number of benzene rings is 2. The second-order valence-corrected chi connectivity index (χ2v) is 9.46. The van der Waals surface area contributed by atoms with Crippen LogP contribution in [0.4, 0.5) is 4.39 Å². The van der Waals surface area contributed by atoms with Gasteiger partial charge in [0.15, 0.2) is 0 Å². The van der Waals surface area contributed by atoms with Crippen molar-refractivity contribution >= 4 is 6.08 Å². The highest BCUT2D eigenvalue weighted by atomic mass is 19.1. The zero-order valence-electron chi connectivity index (χ0n) is 20.7. The van der Waals surface area contributed by atoms with E-state index in [0.29, 0.717) is 0 Å². The lowest BCUT2D eigenvalue weighted by molar-refractivity contribution is -0.0173. The zero-order chi connectivity index (χ0) is 24.4. The number of nitrogens with zero attached hydrogens (tertiary/aromatic N) is 4. The SMILES string of the molecule is CCCCN1CC[C@@H](c2ccc(F)cc2)N2C/C(=C/c3ccc(-n4cnc(C)c4)c(OC)c3)NC12. The molecule has 35 heavy (non-hydrogen) atoms. The highest BCUT2D eigenvalue weighted by molar-refractivity contribution is 5.60. The van der Waals surface area contributed by atoms with E-state index in [0.717, 1.165) is 48.7 Å². The molecule has 2 atom stereocenters. The summed E-state index contributed by atoms with van der Waals surface area (Å²) in [6, 6.07) is 13.5. The lowest BCUT2D eigenvalue weighted by Crippen LogP contribution is -2.56. The predicted molar refractivity (Wildman–Crippen MR) is 137 cm³/mol. The summed E-state index contributed by atoms with van der Waals surface area (Å²) in [5.41, 5.74) is 5.38. The Kier molecular flexibility index (Phi) is 6.88. The fraction of sp³-hybridized carbons (Fsp3) is 0.393. The summed E-state index contributed by atoms with van der Waals surface area (Å²) in [6.07, 6.45) is 9.55. The molecule has 2 aliphatic heterocycles. The number of rotatable bonds is 7. The van der Waals surface area contributed by atoms with Crippen LogP contribution < -0.4 is 10.1 Å². The van der Waals surface area contributed by atoms with Gasteiger partial charge in [0.25, 0.3) is 0 Å². The second kappa shape index (κ2) is 10.2. The third-order valence-electron chi connectivity index (χ3n) is 7.01. The summed E-state index contributed by atoms with van der Waals surface area (Å²) < 4.78 is 21.3. The van der Waals surface area contributed by atoms with Gasteiger partial charge in [-0.2, -0.15) is 0 Å². The Hall–Kier alpha value is -3.16. The van der Waals surface area contributed by atoms with Crippen LogP contribution in [0.25, 0.3) is 11.8 Å².